The lowest BCUT2D eigenvalue weighted by atomic mass is 9.84. The maximum Gasteiger partial charge on any atom is 0.178 e. The molecule has 3 heteroatoms. The summed E-state index contributed by atoms with van der Waals surface area (Å²) < 4.78 is 16.1. The van der Waals surface area contributed by atoms with Gasteiger partial charge in [0.15, 0.2) is 11.2 Å². The monoisotopic (exact) mass is 642 g/mol. The second-order valence-corrected chi connectivity index (χ2v) is 13.8. The van der Waals surface area contributed by atoms with E-state index in [0.717, 1.165) is 49.8 Å². The largest absolute Gasteiger partial charge is 0.452 e. The molecule has 49 heavy (non-hydrogen) atoms. The summed E-state index contributed by atoms with van der Waals surface area (Å²) in [5.74, 6) is 0.845. The Hall–Kier alpha value is -6.16. The van der Waals surface area contributed by atoms with Gasteiger partial charge in [-0.3, -0.25) is 0 Å². The first kappa shape index (κ1) is 26.9. The summed E-state index contributed by atoms with van der Waals surface area (Å²) in [6.07, 6.45) is 0. The summed E-state index contributed by atoms with van der Waals surface area (Å²) in [6, 6.07) is 56.5. The molecule has 2 nitrogen and oxygen atoms in total. The Morgan fingerprint density at radius 2 is 0.898 bits per heavy atom. The Kier molecular flexibility index (Phi) is 5.57. The van der Waals surface area contributed by atoms with Crippen LogP contribution in [0.15, 0.2) is 167 Å². The zero-order valence-corrected chi connectivity index (χ0v) is 27.1. The van der Waals surface area contributed by atoms with E-state index in [1.165, 1.54) is 58.4 Å². The number of hydrogen-bond acceptors (Lipinski definition) is 3. The standard InChI is InChI=1S/C46H26O2S/c1-2-12-27(13-3-1)44-43(36-24-23-35-29-14-8-10-20-38(29)47-45(35)46(36)48-44)42-33-18-6-4-16-31(33)41(32-17-5-7-19-34(32)42)28-22-25-40-37(26-28)30-15-9-11-21-39(30)49-40/h1-26H. The molecule has 0 amide bonds. The first-order valence-corrected chi connectivity index (χ1v) is 17.4. The Morgan fingerprint density at radius 1 is 0.327 bits per heavy atom. The van der Waals surface area contributed by atoms with Crippen molar-refractivity contribution < 1.29 is 8.83 Å². The van der Waals surface area contributed by atoms with Gasteiger partial charge >= 0.3 is 0 Å². The van der Waals surface area contributed by atoms with Crippen molar-refractivity contribution in [3.63, 3.8) is 0 Å². The minimum atomic E-state index is 0.773. The Bertz CT molecular complexity index is 3050. The molecule has 11 rings (SSSR count). The highest BCUT2D eigenvalue weighted by molar-refractivity contribution is 7.25. The summed E-state index contributed by atoms with van der Waals surface area (Å²) in [5, 5.41) is 10.6. The molecule has 0 radical (unpaired) electrons. The Morgan fingerprint density at radius 3 is 1.65 bits per heavy atom. The molecule has 0 bridgehead atoms. The number of hydrogen-bond donors (Lipinski definition) is 0. The molecule has 0 saturated heterocycles. The van der Waals surface area contributed by atoms with E-state index < -0.39 is 0 Å². The number of fused-ring (bicyclic) bond motifs is 10. The molecular weight excluding hydrogens is 617 g/mol. The lowest BCUT2D eigenvalue weighted by Gasteiger charge is -2.18. The molecule has 0 aliphatic heterocycles. The van der Waals surface area contributed by atoms with Crippen LogP contribution < -0.4 is 0 Å². The molecule has 0 aliphatic rings. The van der Waals surface area contributed by atoms with Gasteiger partial charge < -0.3 is 8.83 Å². The van der Waals surface area contributed by atoms with Gasteiger partial charge in [0.05, 0.1) is 0 Å². The van der Waals surface area contributed by atoms with E-state index in [9.17, 15) is 0 Å². The van der Waals surface area contributed by atoms with Gasteiger partial charge in [0.1, 0.15) is 11.3 Å². The number of benzene rings is 8. The van der Waals surface area contributed by atoms with Crippen molar-refractivity contribution in [3.8, 4) is 33.6 Å². The van der Waals surface area contributed by atoms with E-state index in [1.54, 1.807) is 0 Å². The maximum atomic E-state index is 6.98. The van der Waals surface area contributed by atoms with Crippen LogP contribution in [-0.2, 0) is 0 Å². The second-order valence-electron chi connectivity index (χ2n) is 12.7. The molecule has 0 aliphatic carbocycles. The van der Waals surface area contributed by atoms with Crippen LogP contribution in [-0.4, -0.2) is 0 Å². The molecule has 0 saturated carbocycles. The Labute approximate surface area is 285 Å². The first-order valence-electron chi connectivity index (χ1n) is 16.6. The van der Waals surface area contributed by atoms with Gasteiger partial charge in [0.2, 0.25) is 0 Å². The summed E-state index contributed by atoms with van der Waals surface area (Å²) in [5.41, 5.74) is 8.18. The third-order valence-electron chi connectivity index (χ3n) is 10.1. The third kappa shape index (κ3) is 3.82. The quantitative estimate of drug-likeness (QED) is 0.179. The van der Waals surface area contributed by atoms with Gasteiger partial charge in [-0.15, -0.1) is 11.3 Å². The predicted octanol–water partition coefficient (Wildman–Crippen LogP) is 14.0. The minimum Gasteiger partial charge on any atom is -0.452 e. The van der Waals surface area contributed by atoms with Crippen LogP contribution in [0, 0.1) is 0 Å². The molecule has 228 valence electrons. The van der Waals surface area contributed by atoms with Gasteiger partial charge in [0, 0.05) is 53.0 Å². The minimum absolute atomic E-state index is 0.773. The fourth-order valence-electron chi connectivity index (χ4n) is 7.97. The lowest BCUT2D eigenvalue weighted by Crippen LogP contribution is -1.91. The smallest absolute Gasteiger partial charge is 0.178 e. The molecule has 8 aromatic carbocycles. The van der Waals surface area contributed by atoms with E-state index in [-0.39, 0.29) is 0 Å². The topological polar surface area (TPSA) is 26.3 Å². The van der Waals surface area contributed by atoms with Gasteiger partial charge in [-0.05, 0) is 69.1 Å². The Balaban J connectivity index is 1.28. The second kappa shape index (κ2) is 10.2. The maximum absolute atomic E-state index is 6.98. The molecular formula is C46H26O2S. The van der Waals surface area contributed by atoms with Crippen molar-refractivity contribution in [2.75, 3.05) is 0 Å². The summed E-state index contributed by atoms with van der Waals surface area (Å²) in [4.78, 5) is 0. The normalized spacial score (nSPS) is 12.1. The molecule has 3 heterocycles. The fraction of sp³-hybridized carbons (Fsp3) is 0. The van der Waals surface area contributed by atoms with Crippen molar-refractivity contribution in [3.05, 3.63) is 158 Å². The van der Waals surface area contributed by atoms with Crippen molar-refractivity contribution in [2.45, 2.75) is 0 Å². The molecule has 11 aromatic rings. The highest BCUT2D eigenvalue weighted by Gasteiger charge is 2.26. The number of furan rings is 2. The van der Waals surface area contributed by atoms with Crippen molar-refractivity contribution in [2.24, 2.45) is 0 Å². The van der Waals surface area contributed by atoms with Crippen LogP contribution in [0.4, 0.5) is 0 Å². The number of thiophene rings is 1. The van der Waals surface area contributed by atoms with Crippen LogP contribution in [0.3, 0.4) is 0 Å². The van der Waals surface area contributed by atoms with Crippen molar-refractivity contribution in [1.29, 1.82) is 0 Å². The van der Waals surface area contributed by atoms with Gasteiger partial charge in [-0.25, -0.2) is 0 Å². The molecule has 3 aromatic heterocycles. The number of para-hydroxylation sites is 1. The molecule has 0 unspecified atom stereocenters. The van der Waals surface area contributed by atoms with E-state index in [2.05, 4.69) is 146 Å². The SMILES string of the molecule is c1ccc(-c2oc3c(ccc4c5ccccc5oc43)c2-c2c3ccccc3c(-c3ccc4sc5ccccc5c4c3)c3ccccc23)cc1. The van der Waals surface area contributed by atoms with E-state index >= 15 is 0 Å². The van der Waals surface area contributed by atoms with Gasteiger partial charge in [-0.1, -0.05) is 121 Å². The van der Waals surface area contributed by atoms with Crippen LogP contribution in [0.25, 0.3) is 108 Å². The van der Waals surface area contributed by atoms with Crippen LogP contribution in [0.2, 0.25) is 0 Å². The summed E-state index contributed by atoms with van der Waals surface area (Å²) in [6.45, 7) is 0. The zero-order valence-electron chi connectivity index (χ0n) is 26.2. The van der Waals surface area contributed by atoms with Crippen LogP contribution in [0.1, 0.15) is 0 Å². The molecule has 0 atom stereocenters. The predicted molar refractivity (Wildman–Crippen MR) is 208 cm³/mol. The van der Waals surface area contributed by atoms with Crippen LogP contribution in [0.5, 0.6) is 0 Å². The number of rotatable bonds is 3. The highest BCUT2D eigenvalue weighted by atomic mass is 32.1. The zero-order chi connectivity index (χ0) is 32.1. The average molecular weight is 643 g/mol. The van der Waals surface area contributed by atoms with Crippen molar-refractivity contribution >= 4 is 86.0 Å². The summed E-state index contributed by atoms with van der Waals surface area (Å²) >= 11 is 1.86. The lowest BCUT2D eigenvalue weighted by molar-refractivity contribution is 0.612. The third-order valence-corrected chi connectivity index (χ3v) is 11.2. The van der Waals surface area contributed by atoms with Crippen LogP contribution >= 0.6 is 11.3 Å². The summed E-state index contributed by atoms with van der Waals surface area (Å²) in [7, 11) is 0. The van der Waals surface area contributed by atoms with Gasteiger partial charge in [-0.2, -0.15) is 0 Å². The fourth-order valence-corrected chi connectivity index (χ4v) is 9.06. The first-order chi connectivity index (χ1) is 24.3. The van der Waals surface area contributed by atoms with E-state index in [0.29, 0.717) is 0 Å². The van der Waals surface area contributed by atoms with Crippen molar-refractivity contribution in [1.82, 2.24) is 0 Å². The molecule has 0 N–H and O–H groups in total. The van der Waals surface area contributed by atoms with Gasteiger partial charge in [0.25, 0.3) is 0 Å². The highest BCUT2D eigenvalue weighted by Crippen LogP contribution is 2.51. The average Bonchev–Trinajstić information content (AvgIpc) is 3.85. The van der Waals surface area contributed by atoms with E-state index in [1.807, 2.05) is 23.5 Å². The molecule has 0 spiro atoms. The van der Waals surface area contributed by atoms with E-state index in [4.69, 9.17) is 8.83 Å². The molecule has 0 fully saturated rings.